The molecule has 19 heavy (non-hydrogen) atoms. The number of hydrogen-bond donors (Lipinski definition) is 2. The van der Waals surface area contributed by atoms with Crippen molar-refractivity contribution < 1.29 is 9.53 Å². The zero-order valence-electron chi connectivity index (χ0n) is 12.7. The number of morpholine rings is 1. The van der Waals surface area contributed by atoms with Crippen LogP contribution in [0.15, 0.2) is 0 Å². The molecule has 0 bridgehead atoms. The molecule has 0 saturated carbocycles. The molecule has 0 aromatic heterocycles. The average Bonchev–Trinajstić information content (AvgIpc) is 2.38. The van der Waals surface area contributed by atoms with E-state index in [4.69, 9.17) is 10.5 Å². The molecule has 5 heteroatoms. The minimum atomic E-state index is -0.400. The van der Waals surface area contributed by atoms with Crippen LogP contribution in [-0.4, -0.2) is 55.2 Å². The lowest BCUT2D eigenvalue weighted by atomic mass is 9.99. The second-order valence-corrected chi connectivity index (χ2v) is 6.05. The van der Waals surface area contributed by atoms with Gasteiger partial charge in [0.2, 0.25) is 5.91 Å². The summed E-state index contributed by atoms with van der Waals surface area (Å²) >= 11 is 0. The molecule has 0 aromatic carbocycles. The van der Waals surface area contributed by atoms with Crippen LogP contribution in [0.4, 0.5) is 0 Å². The van der Waals surface area contributed by atoms with Gasteiger partial charge < -0.3 is 15.8 Å². The van der Waals surface area contributed by atoms with Crippen molar-refractivity contribution in [1.82, 2.24) is 10.2 Å². The number of rotatable bonds is 6. The summed E-state index contributed by atoms with van der Waals surface area (Å²) in [5.41, 5.74) is 5.94. The topological polar surface area (TPSA) is 67.6 Å². The monoisotopic (exact) mass is 271 g/mol. The third-order valence-electron chi connectivity index (χ3n) is 4.06. The van der Waals surface area contributed by atoms with Crippen LogP contribution in [0.5, 0.6) is 0 Å². The van der Waals surface area contributed by atoms with E-state index >= 15 is 0 Å². The van der Waals surface area contributed by atoms with Crippen molar-refractivity contribution in [2.45, 2.75) is 45.7 Å². The first-order chi connectivity index (χ1) is 8.88. The number of nitrogens with one attached hydrogen (secondary N) is 1. The van der Waals surface area contributed by atoms with Gasteiger partial charge in [-0.1, -0.05) is 20.3 Å². The van der Waals surface area contributed by atoms with Gasteiger partial charge in [0.25, 0.3) is 0 Å². The fourth-order valence-corrected chi connectivity index (χ4v) is 2.25. The van der Waals surface area contributed by atoms with E-state index in [0.29, 0.717) is 6.54 Å². The second-order valence-electron chi connectivity index (χ2n) is 6.05. The minimum absolute atomic E-state index is 0.0413. The van der Waals surface area contributed by atoms with E-state index in [9.17, 15) is 4.79 Å². The number of nitrogens with zero attached hydrogens (tertiary/aromatic N) is 1. The molecule has 1 rings (SSSR count). The van der Waals surface area contributed by atoms with Crippen LogP contribution in [0.25, 0.3) is 0 Å². The second kappa shape index (κ2) is 7.22. The summed E-state index contributed by atoms with van der Waals surface area (Å²) in [7, 11) is 0. The van der Waals surface area contributed by atoms with Crippen molar-refractivity contribution >= 4 is 5.91 Å². The summed E-state index contributed by atoms with van der Waals surface area (Å²) in [5.74, 6) is 0.181. The van der Waals surface area contributed by atoms with Gasteiger partial charge in [-0.25, -0.2) is 0 Å². The van der Waals surface area contributed by atoms with E-state index in [1.54, 1.807) is 0 Å². The van der Waals surface area contributed by atoms with Gasteiger partial charge in [-0.3, -0.25) is 9.69 Å². The van der Waals surface area contributed by atoms with Crippen molar-refractivity contribution in [3.63, 3.8) is 0 Å². The van der Waals surface area contributed by atoms with E-state index in [0.717, 1.165) is 32.7 Å². The van der Waals surface area contributed by atoms with Gasteiger partial charge in [-0.05, 0) is 19.8 Å². The van der Waals surface area contributed by atoms with Crippen molar-refractivity contribution in [3.05, 3.63) is 0 Å². The van der Waals surface area contributed by atoms with Gasteiger partial charge in [0.1, 0.15) is 0 Å². The molecule has 0 spiro atoms. The molecule has 112 valence electrons. The van der Waals surface area contributed by atoms with Crippen LogP contribution in [0, 0.1) is 5.92 Å². The Morgan fingerprint density at radius 3 is 2.79 bits per heavy atom. The van der Waals surface area contributed by atoms with Crippen LogP contribution in [-0.2, 0) is 9.53 Å². The molecule has 1 amide bonds. The van der Waals surface area contributed by atoms with E-state index in [1.165, 1.54) is 0 Å². The Kier molecular flexibility index (Phi) is 6.23. The summed E-state index contributed by atoms with van der Waals surface area (Å²) in [5, 5.41) is 2.94. The number of amides is 1. The Bertz CT molecular complexity index is 294. The Morgan fingerprint density at radius 1 is 1.53 bits per heavy atom. The molecule has 0 aliphatic carbocycles. The quantitative estimate of drug-likeness (QED) is 0.742. The first-order valence-corrected chi connectivity index (χ1v) is 7.24. The molecular weight excluding hydrogens is 242 g/mol. The van der Waals surface area contributed by atoms with Crippen molar-refractivity contribution in [2.75, 3.05) is 32.8 Å². The molecule has 0 radical (unpaired) electrons. The average molecular weight is 271 g/mol. The molecule has 1 saturated heterocycles. The van der Waals surface area contributed by atoms with Gasteiger partial charge in [0.05, 0.1) is 19.3 Å². The van der Waals surface area contributed by atoms with E-state index < -0.39 is 6.04 Å². The molecule has 1 heterocycles. The highest BCUT2D eigenvalue weighted by Crippen LogP contribution is 2.17. The highest BCUT2D eigenvalue weighted by molar-refractivity contribution is 5.81. The fourth-order valence-electron chi connectivity index (χ4n) is 2.25. The van der Waals surface area contributed by atoms with Crippen LogP contribution in [0.3, 0.4) is 0 Å². The van der Waals surface area contributed by atoms with Crippen molar-refractivity contribution in [3.8, 4) is 0 Å². The van der Waals surface area contributed by atoms with E-state index in [1.807, 2.05) is 13.8 Å². The molecular formula is C14H29N3O2. The highest BCUT2D eigenvalue weighted by atomic mass is 16.5. The lowest BCUT2D eigenvalue weighted by molar-refractivity contribution is -0.123. The fraction of sp³-hybridized carbons (Fsp3) is 0.929. The Labute approximate surface area is 116 Å². The lowest BCUT2D eigenvalue weighted by Gasteiger charge is -2.42. The van der Waals surface area contributed by atoms with Gasteiger partial charge in [-0.15, -0.1) is 0 Å². The molecule has 0 aromatic rings. The largest absolute Gasteiger partial charge is 0.378 e. The first kappa shape index (κ1) is 16.4. The normalized spacial score (nSPS) is 22.8. The standard InChI is InChI=1S/C14H29N3O2/c1-5-11(2)12(15)13(18)16-6-7-17-8-9-19-10-14(17,3)4/h11-12H,5-10,15H2,1-4H3,(H,16,18). The zero-order valence-corrected chi connectivity index (χ0v) is 12.7. The summed E-state index contributed by atoms with van der Waals surface area (Å²) < 4.78 is 5.48. The van der Waals surface area contributed by atoms with Gasteiger partial charge in [0, 0.05) is 25.2 Å². The SMILES string of the molecule is CCC(C)C(N)C(=O)NCCN1CCOCC1(C)C. The molecule has 1 aliphatic heterocycles. The lowest BCUT2D eigenvalue weighted by Crippen LogP contribution is -2.55. The van der Waals surface area contributed by atoms with Gasteiger partial charge >= 0.3 is 0 Å². The van der Waals surface area contributed by atoms with Crippen LogP contribution in [0.1, 0.15) is 34.1 Å². The molecule has 2 unspecified atom stereocenters. The number of carbonyl (C=O) groups excluding carboxylic acids is 1. The maximum absolute atomic E-state index is 11.9. The smallest absolute Gasteiger partial charge is 0.237 e. The van der Waals surface area contributed by atoms with E-state index in [2.05, 4.69) is 24.1 Å². The number of nitrogens with two attached hydrogens (primary N) is 1. The maximum atomic E-state index is 11.9. The van der Waals surface area contributed by atoms with Crippen molar-refractivity contribution in [2.24, 2.45) is 11.7 Å². The molecule has 1 fully saturated rings. The van der Waals surface area contributed by atoms with Crippen LogP contribution >= 0.6 is 0 Å². The Balaban J connectivity index is 2.31. The Morgan fingerprint density at radius 2 is 2.21 bits per heavy atom. The third kappa shape index (κ3) is 4.75. The minimum Gasteiger partial charge on any atom is -0.378 e. The number of ether oxygens (including phenoxy) is 1. The predicted octanol–water partition coefficient (Wildman–Crippen LogP) is 0.587. The molecule has 3 N–H and O–H groups in total. The zero-order chi connectivity index (χ0) is 14.5. The van der Waals surface area contributed by atoms with Crippen LogP contribution in [0.2, 0.25) is 0 Å². The van der Waals surface area contributed by atoms with Crippen LogP contribution < -0.4 is 11.1 Å². The number of hydrogen-bond acceptors (Lipinski definition) is 4. The predicted molar refractivity (Wildman–Crippen MR) is 76.9 cm³/mol. The third-order valence-corrected chi connectivity index (χ3v) is 4.06. The summed E-state index contributed by atoms with van der Waals surface area (Å²) in [4.78, 5) is 14.2. The Hall–Kier alpha value is -0.650. The van der Waals surface area contributed by atoms with Gasteiger partial charge in [0.15, 0.2) is 0 Å². The molecule has 5 nitrogen and oxygen atoms in total. The molecule has 2 atom stereocenters. The number of carbonyl (C=O) groups is 1. The summed E-state index contributed by atoms with van der Waals surface area (Å²) in [6, 6.07) is -0.400. The summed E-state index contributed by atoms with van der Waals surface area (Å²) in [6.07, 6.45) is 0.922. The van der Waals surface area contributed by atoms with Crippen molar-refractivity contribution in [1.29, 1.82) is 0 Å². The highest BCUT2D eigenvalue weighted by Gasteiger charge is 2.30. The van der Waals surface area contributed by atoms with Gasteiger partial charge in [-0.2, -0.15) is 0 Å². The summed E-state index contributed by atoms with van der Waals surface area (Å²) in [6.45, 7) is 12.3. The maximum Gasteiger partial charge on any atom is 0.237 e. The molecule has 1 aliphatic rings. The van der Waals surface area contributed by atoms with E-state index in [-0.39, 0.29) is 17.4 Å². The first-order valence-electron chi connectivity index (χ1n) is 7.24.